The van der Waals surface area contributed by atoms with E-state index in [1.165, 1.54) is 0 Å². The van der Waals surface area contributed by atoms with Crippen molar-refractivity contribution in [3.8, 4) is 11.5 Å². The Morgan fingerprint density at radius 1 is 1.29 bits per heavy atom. The molecular formula is C13H21NO3. The van der Waals surface area contributed by atoms with Crippen molar-refractivity contribution in [1.82, 2.24) is 5.32 Å². The van der Waals surface area contributed by atoms with E-state index in [2.05, 4.69) is 5.32 Å². The van der Waals surface area contributed by atoms with Crippen LogP contribution in [0.15, 0.2) is 18.2 Å². The number of likely N-dealkylation sites (N-methyl/N-ethyl adjacent to an activating group) is 1. The highest BCUT2D eigenvalue weighted by molar-refractivity contribution is 5.42. The lowest BCUT2D eigenvalue weighted by Gasteiger charge is -2.23. The smallest absolute Gasteiger partial charge is 0.128 e. The lowest BCUT2D eigenvalue weighted by atomic mass is 9.99. The summed E-state index contributed by atoms with van der Waals surface area (Å²) in [7, 11) is 5.03. The second-order valence-corrected chi connectivity index (χ2v) is 3.86. The van der Waals surface area contributed by atoms with Gasteiger partial charge in [-0.15, -0.1) is 0 Å². The summed E-state index contributed by atoms with van der Waals surface area (Å²) >= 11 is 0. The maximum Gasteiger partial charge on any atom is 0.128 e. The van der Waals surface area contributed by atoms with Gasteiger partial charge in [0.25, 0.3) is 0 Å². The Bertz CT molecular complexity index is 351. The van der Waals surface area contributed by atoms with Crippen LogP contribution in [0.5, 0.6) is 11.5 Å². The highest BCUT2D eigenvalue weighted by atomic mass is 16.5. The van der Waals surface area contributed by atoms with Crippen molar-refractivity contribution >= 4 is 0 Å². The summed E-state index contributed by atoms with van der Waals surface area (Å²) in [6, 6.07) is 5.45. The monoisotopic (exact) mass is 239 g/mol. The topological polar surface area (TPSA) is 50.7 Å². The molecule has 0 radical (unpaired) electrons. The molecule has 4 nitrogen and oxygen atoms in total. The molecule has 2 atom stereocenters. The van der Waals surface area contributed by atoms with Gasteiger partial charge in [-0.1, -0.05) is 6.92 Å². The van der Waals surface area contributed by atoms with Crippen molar-refractivity contribution < 1.29 is 14.6 Å². The molecular weight excluding hydrogens is 218 g/mol. The van der Waals surface area contributed by atoms with Crippen LogP contribution in [-0.4, -0.2) is 32.4 Å². The third-order valence-electron chi connectivity index (χ3n) is 2.95. The molecule has 17 heavy (non-hydrogen) atoms. The summed E-state index contributed by atoms with van der Waals surface area (Å²) < 4.78 is 10.4. The van der Waals surface area contributed by atoms with Crippen molar-refractivity contribution in [3.63, 3.8) is 0 Å². The third-order valence-corrected chi connectivity index (χ3v) is 2.95. The van der Waals surface area contributed by atoms with Crippen molar-refractivity contribution in [3.05, 3.63) is 23.8 Å². The molecule has 1 aromatic rings. The Hall–Kier alpha value is -1.26. The molecule has 2 N–H and O–H groups in total. The molecule has 0 spiro atoms. The first-order chi connectivity index (χ1) is 8.17. The first-order valence-corrected chi connectivity index (χ1v) is 5.75. The molecule has 0 saturated heterocycles. The van der Waals surface area contributed by atoms with Crippen molar-refractivity contribution in [2.45, 2.75) is 25.5 Å². The van der Waals surface area contributed by atoms with E-state index in [1.54, 1.807) is 20.3 Å². The van der Waals surface area contributed by atoms with Crippen LogP contribution in [0.25, 0.3) is 0 Å². The summed E-state index contributed by atoms with van der Waals surface area (Å²) in [6.45, 7) is 2.03. The zero-order chi connectivity index (χ0) is 12.8. The zero-order valence-corrected chi connectivity index (χ0v) is 10.9. The molecule has 1 rings (SSSR count). The van der Waals surface area contributed by atoms with Gasteiger partial charge in [-0.25, -0.2) is 0 Å². The van der Waals surface area contributed by atoms with Crippen molar-refractivity contribution in [2.75, 3.05) is 21.3 Å². The number of benzene rings is 1. The van der Waals surface area contributed by atoms with Crippen LogP contribution < -0.4 is 14.8 Å². The van der Waals surface area contributed by atoms with Crippen LogP contribution in [0.1, 0.15) is 25.0 Å². The lowest BCUT2D eigenvalue weighted by molar-refractivity contribution is 0.127. The first kappa shape index (κ1) is 13.8. The number of hydrogen-bond acceptors (Lipinski definition) is 4. The van der Waals surface area contributed by atoms with Gasteiger partial charge >= 0.3 is 0 Å². The number of hydrogen-bond donors (Lipinski definition) is 2. The number of rotatable bonds is 6. The van der Waals surface area contributed by atoms with E-state index in [1.807, 2.05) is 26.1 Å². The maximum absolute atomic E-state index is 10.3. The maximum atomic E-state index is 10.3. The molecule has 0 fully saturated rings. The van der Waals surface area contributed by atoms with Crippen LogP contribution in [-0.2, 0) is 0 Å². The Morgan fingerprint density at radius 2 is 2.00 bits per heavy atom. The average Bonchev–Trinajstić information content (AvgIpc) is 2.39. The van der Waals surface area contributed by atoms with Gasteiger partial charge < -0.3 is 19.9 Å². The predicted molar refractivity (Wildman–Crippen MR) is 67.6 cm³/mol. The normalized spacial score (nSPS) is 14.2. The minimum atomic E-state index is -0.592. The van der Waals surface area contributed by atoms with E-state index in [0.29, 0.717) is 5.75 Å². The fourth-order valence-electron chi connectivity index (χ4n) is 1.86. The van der Waals surface area contributed by atoms with E-state index >= 15 is 0 Å². The van der Waals surface area contributed by atoms with Crippen LogP contribution in [0, 0.1) is 0 Å². The molecule has 0 heterocycles. The predicted octanol–water partition coefficient (Wildman–Crippen LogP) is 1.74. The molecule has 0 aliphatic rings. The van der Waals surface area contributed by atoms with Crippen LogP contribution in [0.2, 0.25) is 0 Å². The molecule has 0 aromatic heterocycles. The summed E-state index contributed by atoms with van der Waals surface area (Å²) in [4.78, 5) is 0. The lowest BCUT2D eigenvalue weighted by Crippen LogP contribution is -2.31. The van der Waals surface area contributed by atoms with Crippen molar-refractivity contribution in [1.29, 1.82) is 0 Å². The van der Waals surface area contributed by atoms with E-state index in [4.69, 9.17) is 9.47 Å². The number of methoxy groups -OCH3 is 2. The number of aliphatic hydroxyl groups is 1. The van der Waals surface area contributed by atoms with Crippen LogP contribution in [0.3, 0.4) is 0 Å². The van der Waals surface area contributed by atoms with Gasteiger partial charge in [-0.3, -0.25) is 0 Å². The quantitative estimate of drug-likeness (QED) is 0.794. The Kier molecular flexibility index (Phi) is 5.25. The summed E-state index contributed by atoms with van der Waals surface area (Å²) in [5.41, 5.74) is 0.773. The third kappa shape index (κ3) is 3.11. The van der Waals surface area contributed by atoms with E-state index in [-0.39, 0.29) is 6.04 Å². The fraction of sp³-hybridized carbons (Fsp3) is 0.538. The molecule has 0 saturated carbocycles. The SMILES string of the molecule is CCC(NC)C(O)c1ccc(OC)cc1OC. The van der Waals surface area contributed by atoms with Gasteiger partial charge in [-0.05, 0) is 25.6 Å². The van der Waals surface area contributed by atoms with Crippen LogP contribution in [0.4, 0.5) is 0 Å². The molecule has 96 valence electrons. The van der Waals surface area contributed by atoms with Gasteiger partial charge in [0.15, 0.2) is 0 Å². The fourth-order valence-corrected chi connectivity index (χ4v) is 1.86. The minimum absolute atomic E-state index is 0.0114. The van der Waals surface area contributed by atoms with Crippen molar-refractivity contribution in [2.24, 2.45) is 0 Å². The highest BCUT2D eigenvalue weighted by Crippen LogP contribution is 2.31. The Morgan fingerprint density at radius 3 is 2.47 bits per heavy atom. The minimum Gasteiger partial charge on any atom is -0.497 e. The molecule has 2 unspecified atom stereocenters. The number of ether oxygens (including phenoxy) is 2. The van der Waals surface area contributed by atoms with Gasteiger partial charge in [0.2, 0.25) is 0 Å². The van der Waals surface area contributed by atoms with Gasteiger partial charge in [0.1, 0.15) is 11.5 Å². The van der Waals surface area contributed by atoms with Gasteiger partial charge in [0.05, 0.1) is 20.3 Å². The Balaban J connectivity index is 3.03. The first-order valence-electron chi connectivity index (χ1n) is 5.75. The molecule has 1 aromatic carbocycles. The largest absolute Gasteiger partial charge is 0.497 e. The molecule has 0 amide bonds. The number of aliphatic hydroxyl groups excluding tert-OH is 1. The van der Waals surface area contributed by atoms with Crippen LogP contribution >= 0.6 is 0 Å². The summed E-state index contributed by atoms with van der Waals surface area (Å²) in [5.74, 6) is 1.36. The zero-order valence-electron chi connectivity index (χ0n) is 10.9. The molecule has 4 heteroatoms. The summed E-state index contributed by atoms with van der Waals surface area (Å²) in [6.07, 6.45) is 0.248. The molecule has 0 aliphatic carbocycles. The molecule has 0 aliphatic heterocycles. The average molecular weight is 239 g/mol. The highest BCUT2D eigenvalue weighted by Gasteiger charge is 2.21. The van der Waals surface area contributed by atoms with E-state index in [0.717, 1.165) is 17.7 Å². The van der Waals surface area contributed by atoms with Gasteiger partial charge in [0, 0.05) is 17.7 Å². The van der Waals surface area contributed by atoms with E-state index in [9.17, 15) is 5.11 Å². The Labute approximate surface area is 103 Å². The standard InChI is InChI=1S/C13H21NO3/c1-5-11(14-2)13(15)10-7-6-9(16-3)8-12(10)17-4/h6-8,11,13-15H,5H2,1-4H3. The summed E-state index contributed by atoms with van der Waals surface area (Å²) in [5, 5.41) is 13.4. The van der Waals surface area contributed by atoms with Gasteiger partial charge in [-0.2, -0.15) is 0 Å². The second-order valence-electron chi connectivity index (χ2n) is 3.86. The molecule has 0 bridgehead atoms. The second kappa shape index (κ2) is 6.47. The van der Waals surface area contributed by atoms with E-state index < -0.39 is 6.10 Å². The number of nitrogens with one attached hydrogen (secondary N) is 1.